The van der Waals surface area contributed by atoms with Crippen LogP contribution in [0.2, 0.25) is 0 Å². The van der Waals surface area contributed by atoms with Crippen LogP contribution in [-0.2, 0) is 17.5 Å². The molecule has 148 valence electrons. The van der Waals surface area contributed by atoms with E-state index in [1.165, 1.54) is 26.0 Å². The fourth-order valence-corrected chi connectivity index (χ4v) is 4.12. The maximum Gasteiger partial charge on any atom is 0.417 e. The minimum Gasteiger partial charge on any atom is -0.323 e. The lowest BCUT2D eigenvalue weighted by Crippen LogP contribution is -2.20. The summed E-state index contributed by atoms with van der Waals surface area (Å²) in [6, 6.07) is 3.30. The van der Waals surface area contributed by atoms with Crippen molar-refractivity contribution >= 4 is 54.5 Å². The van der Waals surface area contributed by atoms with Crippen molar-refractivity contribution in [2.24, 2.45) is 0 Å². The second kappa shape index (κ2) is 7.43. The predicted molar refractivity (Wildman–Crippen MR) is 102 cm³/mol. The fraction of sp³-hybridized carbons (Fsp3) is 0.235. The standard InChI is InChI=1S/C17H12Br2F4N4O/c1-7-3-10(17(21,22)23)14-8(2)26-27(16(14)24-7)6-13(28)25-15-11(18)4-9(20)5-12(15)19/h3-5H,6H2,1-2H3,(H,25,28). The lowest BCUT2D eigenvalue weighted by atomic mass is 10.1. The molecule has 0 aliphatic rings. The van der Waals surface area contributed by atoms with Crippen molar-refractivity contribution in [1.82, 2.24) is 14.8 Å². The first-order valence-corrected chi connectivity index (χ1v) is 9.42. The molecule has 0 radical (unpaired) electrons. The van der Waals surface area contributed by atoms with E-state index in [1.54, 1.807) is 0 Å². The number of nitrogens with zero attached hydrogens (tertiary/aromatic N) is 3. The number of benzene rings is 1. The predicted octanol–water partition coefficient (Wildman–Crippen LogP) is 5.37. The molecular weight excluding hydrogens is 512 g/mol. The van der Waals surface area contributed by atoms with Gasteiger partial charge in [-0.2, -0.15) is 18.3 Å². The van der Waals surface area contributed by atoms with Crippen molar-refractivity contribution in [2.75, 3.05) is 5.32 Å². The Morgan fingerprint density at radius 2 is 1.79 bits per heavy atom. The smallest absolute Gasteiger partial charge is 0.323 e. The average molecular weight is 524 g/mol. The number of fused-ring (bicyclic) bond motifs is 1. The first kappa shape index (κ1) is 20.7. The molecular formula is C17H12Br2F4N4O. The third-order valence-corrected chi connectivity index (χ3v) is 5.13. The number of aryl methyl sites for hydroxylation is 2. The Labute approximate surface area is 173 Å². The Balaban J connectivity index is 1.97. The monoisotopic (exact) mass is 522 g/mol. The van der Waals surface area contributed by atoms with Crippen LogP contribution in [0, 0.1) is 19.7 Å². The number of alkyl halides is 3. The second-order valence-corrected chi connectivity index (χ2v) is 7.75. The van der Waals surface area contributed by atoms with Crippen molar-refractivity contribution in [2.45, 2.75) is 26.6 Å². The molecule has 0 fully saturated rings. The van der Waals surface area contributed by atoms with Crippen molar-refractivity contribution in [3.05, 3.63) is 49.9 Å². The summed E-state index contributed by atoms with van der Waals surface area (Å²) in [4.78, 5) is 16.6. The van der Waals surface area contributed by atoms with E-state index in [2.05, 4.69) is 47.3 Å². The molecule has 0 saturated carbocycles. The van der Waals surface area contributed by atoms with Crippen LogP contribution < -0.4 is 5.32 Å². The second-order valence-electron chi connectivity index (χ2n) is 6.04. The normalized spacial score (nSPS) is 11.9. The van der Waals surface area contributed by atoms with Gasteiger partial charge in [0.25, 0.3) is 0 Å². The Bertz CT molecular complexity index is 1070. The number of rotatable bonds is 3. The van der Waals surface area contributed by atoms with Gasteiger partial charge in [0, 0.05) is 14.6 Å². The highest BCUT2D eigenvalue weighted by Crippen LogP contribution is 2.36. The summed E-state index contributed by atoms with van der Waals surface area (Å²) in [5, 5.41) is 6.49. The Morgan fingerprint density at radius 1 is 1.18 bits per heavy atom. The van der Waals surface area contributed by atoms with E-state index in [4.69, 9.17) is 0 Å². The van der Waals surface area contributed by atoms with Gasteiger partial charge in [-0.15, -0.1) is 0 Å². The molecule has 0 aliphatic heterocycles. The quantitative estimate of drug-likeness (QED) is 0.469. The Morgan fingerprint density at radius 3 is 2.36 bits per heavy atom. The zero-order valence-electron chi connectivity index (χ0n) is 14.5. The van der Waals surface area contributed by atoms with Gasteiger partial charge in [0.05, 0.1) is 22.3 Å². The molecule has 0 spiro atoms. The SMILES string of the molecule is Cc1cc(C(F)(F)F)c2c(C)nn(CC(=O)Nc3c(Br)cc(F)cc3Br)c2n1. The molecule has 0 unspecified atom stereocenters. The van der Waals surface area contributed by atoms with E-state index in [-0.39, 0.29) is 29.0 Å². The zero-order chi connectivity index (χ0) is 20.8. The van der Waals surface area contributed by atoms with Gasteiger partial charge < -0.3 is 5.32 Å². The number of pyridine rings is 1. The first-order valence-electron chi connectivity index (χ1n) is 7.83. The van der Waals surface area contributed by atoms with E-state index in [9.17, 15) is 22.4 Å². The summed E-state index contributed by atoms with van der Waals surface area (Å²) in [6.45, 7) is 2.50. The molecule has 0 saturated heterocycles. The molecule has 2 aromatic heterocycles. The Kier molecular flexibility index (Phi) is 5.50. The number of hydrogen-bond donors (Lipinski definition) is 1. The van der Waals surface area contributed by atoms with Gasteiger partial charge in [-0.25, -0.2) is 14.1 Å². The minimum atomic E-state index is -4.57. The van der Waals surface area contributed by atoms with Gasteiger partial charge in [0.2, 0.25) is 5.91 Å². The van der Waals surface area contributed by atoms with Crippen LogP contribution >= 0.6 is 31.9 Å². The van der Waals surface area contributed by atoms with Crippen molar-refractivity contribution in [3.63, 3.8) is 0 Å². The number of amides is 1. The molecule has 1 amide bonds. The molecule has 11 heteroatoms. The summed E-state index contributed by atoms with van der Waals surface area (Å²) in [7, 11) is 0. The molecule has 2 heterocycles. The molecule has 0 atom stereocenters. The molecule has 0 bridgehead atoms. The number of aromatic nitrogens is 3. The topological polar surface area (TPSA) is 59.8 Å². The van der Waals surface area contributed by atoms with Crippen LogP contribution in [0.25, 0.3) is 11.0 Å². The largest absolute Gasteiger partial charge is 0.417 e. The highest BCUT2D eigenvalue weighted by atomic mass is 79.9. The van der Waals surface area contributed by atoms with Crippen LogP contribution in [0.1, 0.15) is 17.0 Å². The van der Waals surface area contributed by atoms with Gasteiger partial charge >= 0.3 is 6.18 Å². The maximum absolute atomic E-state index is 13.4. The Hall–Kier alpha value is -2.01. The van der Waals surface area contributed by atoms with Gasteiger partial charge in [0.15, 0.2) is 5.65 Å². The van der Waals surface area contributed by atoms with E-state index >= 15 is 0 Å². The van der Waals surface area contributed by atoms with E-state index in [0.717, 1.165) is 10.7 Å². The van der Waals surface area contributed by atoms with E-state index < -0.39 is 23.5 Å². The highest BCUT2D eigenvalue weighted by Gasteiger charge is 2.35. The third kappa shape index (κ3) is 4.04. The number of halogens is 6. The fourth-order valence-electron chi connectivity index (χ4n) is 2.79. The van der Waals surface area contributed by atoms with E-state index in [1.807, 2.05) is 0 Å². The van der Waals surface area contributed by atoms with Crippen molar-refractivity contribution in [3.8, 4) is 0 Å². The van der Waals surface area contributed by atoms with E-state index in [0.29, 0.717) is 14.6 Å². The van der Waals surface area contributed by atoms with Crippen LogP contribution in [0.15, 0.2) is 27.1 Å². The number of anilines is 1. The molecule has 3 rings (SSSR count). The number of nitrogens with one attached hydrogen (secondary N) is 1. The number of carbonyl (C=O) groups is 1. The van der Waals surface area contributed by atoms with Gasteiger partial charge in [-0.1, -0.05) is 0 Å². The molecule has 0 aliphatic carbocycles. The summed E-state index contributed by atoms with van der Waals surface area (Å²) in [5.41, 5.74) is -0.308. The summed E-state index contributed by atoms with van der Waals surface area (Å²) in [5.74, 6) is -1.07. The van der Waals surface area contributed by atoms with Crippen molar-refractivity contribution < 1.29 is 22.4 Å². The zero-order valence-corrected chi connectivity index (χ0v) is 17.6. The van der Waals surface area contributed by atoms with Crippen molar-refractivity contribution in [1.29, 1.82) is 0 Å². The molecule has 3 aromatic rings. The van der Waals surface area contributed by atoms with Crippen LogP contribution in [0.4, 0.5) is 23.2 Å². The number of hydrogen-bond acceptors (Lipinski definition) is 3. The van der Waals surface area contributed by atoms with Gasteiger partial charge in [-0.05, 0) is 63.9 Å². The minimum absolute atomic E-state index is 0.0304. The van der Waals surface area contributed by atoms with Crippen LogP contribution in [0.3, 0.4) is 0 Å². The molecule has 1 aromatic carbocycles. The molecule has 28 heavy (non-hydrogen) atoms. The van der Waals surface area contributed by atoms with Crippen LogP contribution in [0.5, 0.6) is 0 Å². The van der Waals surface area contributed by atoms with Crippen LogP contribution in [-0.4, -0.2) is 20.7 Å². The van der Waals surface area contributed by atoms with Gasteiger partial charge in [0.1, 0.15) is 12.4 Å². The first-order chi connectivity index (χ1) is 13.0. The van der Waals surface area contributed by atoms with Gasteiger partial charge in [-0.3, -0.25) is 4.79 Å². The maximum atomic E-state index is 13.4. The summed E-state index contributed by atoms with van der Waals surface area (Å²) in [6.07, 6.45) is -4.57. The third-order valence-electron chi connectivity index (χ3n) is 3.88. The summed E-state index contributed by atoms with van der Waals surface area (Å²) < 4.78 is 55.2. The average Bonchev–Trinajstić information content (AvgIpc) is 2.85. The number of carbonyl (C=O) groups excluding carboxylic acids is 1. The lowest BCUT2D eigenvalue weighted by Gasteiger charge is -2.11. The molecule has 5 nitrogen and oxygen atoms in total. The summed E-state index contributed by atoms with van der Waals surface area (Å²) >= 11 is 6.30. The molecule has 1 N–H and O–H groups in total. The highest BCUT2D eigenvalue weighted by molar-refractivity contribution is 9.11. The lowest BCUT2D eigenvalue weighted by molar-refractivity contribution is -0.136.